The van der Waals surface area contributed by atoms with Gasteiger partial charge in [0, 0.05) is 7.05 Å². The summed E-state index contributed by atoms with van der Waals surface area (Å²) < 4.78 is 7.15. The molecule has 2 unspecified atom stereocenters. The Morgan fingerprint density at radius 1 is 0.955 bits per heavy atom. The molecule has 0 fully saturated rings. The molecule has 0 aliphatic carbocycles. The SMILES string of the molecule is CCCCCCCC(CCCCCC)COC(=O)N(C)PC. The van der Waals surface area contributed by atoms with Crippen LogP contribution < -0.4 is 0 Å². The Kier molecular flexibility index (Phi) is 15.4. The summed E-state index contributed by atoms with van der Waals surface area (Å²) in [5, 5.41) is 0. The van der Waals surface area contributed by atoms with E-state index in [1.165, 1.54) is 70.6 Å². The lowest BCUT2D eigenvalue weighted by molar-refractivity contribution is 0.108. The van der Waals surface area contributed by atoms with E-state index in [0.717, 1.165) is 0 Å². The number of unbranched alkanes of at least 4 members (excludes halogenated alkanes) is 7. The summed E-state index contributed by atoms with van der Waals surface area (Å²) in [5.41, 5.74) is 0. The van der Waals surface area contributed by atoms with Gasteiger partial charge in [-0.15, -0.1) is 0 Å². The second-order valence-electron chi connectivity index (χ2n) is 6.28. The van der Waals surface area contributed by atoms with Crippen molar-refractivity contribution in [2.24, 2.45) is 5.92 Å². The number of ether oxygens (including phenoxy) is 1. The van der Waals surface area contributed by atoms with Crippen molar-refractivity contribution in [3.8, 4) is 0 Å². The van der Waals surface area contributed by atoms with Gasteiger partial charge in [-0.3, -0.25) is 4.67 Å². The van der Waals surface area contributed by atoms with Crippen molar-refractivity contribution in [3.63, 3.8) is 0 Å². The molecular formula is C18H38NO2P. The lowest BCUT2D eigenvalue weighted by Gasteiger charge is -2.20. The molecule has 0 bridgehead atoms. The fraction of sp³-hybridized carbons (Fsp3) is 0.944. The van der Waals surface area contributed by atoms with E-state index in [0.29, 0.717) is 21.3 Å². The molecule has 4 heteroatoms. The number of hydrogen-bond acceptors (Lipinski definition) is 2. The third kappa shape index (κ3) is 12.3. The average molecular weight is 331 g/mol. The molecule has 0 rings (SSSR count). The Labute approximate surface area is 140 Å². The fourth-order valence-electron chi connectivity index (χ4n) is 2.58. The van der Waals surface area contributed by atoms with Gasteiger partial charge in [0.1, 0.15) is 0 Å². The normalized spacial score (nSPS) is 12.7. The topological polar surface area (TPSA) is 29.5 Å². The molecule has 3 nitrogen and oxygen atoms in total. The van der Waals surface area contributed by atoms with E-state index < -0.39 is 0 Å². The minimum atomic E-state index is -0.162. The van der Waals surface area contributed by atoms with Gasteiger partial charge in [0.15, 0.2) is 0 Å². The molecule has 0 radical (unpaired) electrons. The zero-order valence-electron chi connectivity index (χ0n) is 15.3. The maximum absolute atomic E-state index is 11.8. The molecular weight excluding hydrogens is 293 g/mol. The fourth-order valence-corrected chi connectivity index (χ4v) is 2.83. The van der Waals surface area contributed by atoms with E-state index >= 15 is 0 Å². The van der Waals surface area contributed by atoms with E-state index in [2.05, 4.69) is 13.8 Å². The van der Waals surface area contributed by atoms with Gasteiger partial charge in [-0.1, -0.05) is 71.6 Å². The van der Waals surface area contributed by atoms with E-state index in [4.69, 9.17) is 4.74 Å². The van der Waals surface area contributed by atoms with E-state index in [-0.39, 0.29) is 6.09 Å². The Hall–Kier alpha value is -0.300. The van der Waals surface area contributed by atoms with Crippen LogP contribution in [-0.4, -0.2) is 31.1 Å². The lowest BCUT2D eigenvalue weighted by atomic mass is 9.95. The summed E-state index contributed by atoms with van der Waals surface area (Å²) in [5.74, 6) is 0.552. The number of nitrogens with zero attached hydrogens (tertiary/aromatic N) is 1. The maximum Gasteiger partial charge on any atom is 0.412 e. The molecule has 0 spiro atoms. The Balaban J connectivity index is 4.01. The highest BCUT2D eigenvalue weighted by molar-refractivity contribution is 7.35. The quantitative estimate of drug-likeness (QED) is 0.279. The van der Waals surface area contributed by atoms with Crippen LogP contribution in [0.2, 0.25) is 0 Å². The predicted molar refractivity (Wildman–Crippen MR) is 99.0 cm³/mol. The van der Waals surface area contributed by atoms with Crippen LogP contribution in [0.3, 0.4) is 0 Å². The van der Waals surface area contributed by atoms with Crippen molar-refractivity contribution < 1.29 is 9.53 Å². The Bertz CT molecular complexity index is 261. The van der Waals surface area contributed by atoms with Crippen LogP contribution >= 0.6 is 8.73 Å². The first kappa shape index (κ1) is 21.7. The van der Waals surface area contributed by atoms with Crippen molar-refractivity contribution in [2.75, 3.05) is 20.3 Å². The first-order chi connectivity index (χ1) is 10.7. The molecule has 1 amide bonds. The number of rotatable bonds is 14. The van der Waals surface area contributed by atoms with E-state index in [1.54, 1.807) is 4.67 Å². The zero-order chi connectivity index (χ0) is 16.6. The van der Waals surface area contributed by atoms with Gasteiger partial charge >= 0.3 is 6.09 Å². The largest absolute Gasteiger partial charge is 0.449 e. The third-order valence-corrected chi connectivity index (χ3v) is 5.09. The molecule has 0 aliphatic heterocycles. The molecule has 22 heavy (non-hydrogen) atoms. The van der Waals surface area contributed by atoms with Gasteiger partial charge in [0.25, 0.3) is 0 Å². The van der Waals surface area contributed by atoms with Gasteiger partial charge in [0.05, 0.1) is 6.61 Å². The average Bonchev–Trinajstić information content (AvgIpc) is 2.54. The second kappa shape index (κ2) is 15.6. The van der Waals surface area contributed by atoms with E-state index in [1.807, 2.05) is 13.7 Å². The minimum Gasteiger partial charge on any atom is -0.449 e. The van der Waals surface area contributed by atoms with Crippen LogP contribution in [0.5, 0.6) is 0 Å². The molecule has 132 valence electrons. The van der Waals surface area contributed by atoms with Crippen molar-refractivity contribution in [2.45, 2.75) is 84.5 Å². The van der Waals surface area contributed by atoms with Crippen LogP contribution in [-0.2, 0) is 4.74 Å². The highest BCUT2D eigenvalue weighted by Gasteiger charge is 2.14. The molecule has 2 atom stereocenters. The predicted octanol–water partition coefficient (Wildman–Crippen LogP) is 6.23. The number of hydrogen-bond donors (Lipinski definition) is 0. The smallest absolute Gasteiger partial charge is 0.412 e. The Morgan fingerprint density at radius 2 is 1.45 bits per heavy atom. The molecule has 0 aromatic carbocycles. The van der Waals surface area contributed by atoms with Gasteiger partial charge in [0.2, 0.25) is 0 Å². The van der Waals surface area contributed by atoms with Crippen molar-refractivity contribution in [1.29, 1.82) is 0 Å². The lowest BCUT2D eigenvalue weighted by Crippen LogP contribution is -2.22. The summed E-state index contributed by atoms with van der Waals surface area (Å²) >= 11 is 0. The van der Waals surface area contributed by atoms with Crippen LogP contribution in [0.1, 0.15) is 84.5 Å². The van der Waals surface area contributed by atoms with Crippen molar-refractivity contribution >= 4 is 14.8 Å². The molecule has 0 aromatic rings. The minimum absolute atomic E-state index is 0.162. The van der Waals surface area contributed by atoms with Gasteiger partial charge < -0.3 is 4.74 Å². The van der Waals surface area contributed by atoms with Crippen LogP contribution in [0.25, 0.3) is 0 Å². The summed E-state index contributed by atoms with van der Waals surface area (Å²) in [6, 6.07) is 0. The van der Waals surface area contributed by atoms with Crippen molar-refractivity contribution in [1.82, 2.24) is 4.67 Å². The standard InChI is InChI=1S/C18H38NO2P/c1-5-7-9-11-13-15-17(14-12-10-8-6-2)16-21-18(20)19(3)22-4/h17,22H,5-16H2,1-4H3. The maximum atomic E-state index is 11.8. The first-order valence-electron chi connectivity index (χ1n) is 9.23. The second-order valence-corrected chi connectivity index (χ2v) is 7.40. The molecule has 0 heterocycles. The summed E-state index contributed by atoms with van der Waals surface area (Å²) in [6.45, 7) is 7.10. The van der Waals surface area contributed by atoms with Crippen molar-refractivity contribution in [3.05, 3.63) is 0 Å². The third-order valence-electron chi connectivity index (χ3n) is 4.23. The summed E-state index contributed by atoms with van der Waals surface area (Å²) in [7, 11) is 2.28. The number of carbonyl (C=O) groups is 1. The monoisotopic (exact) mass is 331 g/mol. The molecule has 0 aromatic heterocycles. The van der Waals surface area contributed by atoms with Crippen LogP contribution in [0, 0.1) is 5.92 Å². The van der Waals surface area contributed by atoms with Gasteiger partial charge in [-0.2, -0.15) is 0 Å². The molecule has 0 aliphatic rings. The first-order valence-corrected chi connectivity index (χ1v) is 10.7. The molecule has 0 saturated heterocycles. The van der Waals surface area contributed by atoms with E-state index in [9.17, 15) is 4.79 Å². The highest BCUT2D eigenvalue weighted by Crippen LogP contribution is 2.20. The molecule has 0 N–H and O–H groups in total. The summed E-state index contributed by atoms with van der Waals surface area (Å²) in [6.07, 6.45) is 14.0. The zero-order valence-corrected chi connectivity index (χ0v) is 16.3. The Morgan fingerprint density at radius 3 is 1.95 bits per heavy atom. The van der Waals surface area contributed by atoms with Crippen LogP contribution in [0.15, 0.2) is 0 Å². The number of carbonyl (C=O) groups excluding carboxylic acids is 1. The van der Waals surface area contributed by atoms with Gasteiger partial charge in [-0.25, -0.2) is 4.79 Å². The molecule has 0 saturated carbocycles. The number of amides is 1. The van der Waals surface area contributed by atoms with Crippen LogP contribution in [0.4, 0.5) is 4.79 Å². The van der Waals surface area contributed by atoms with Gasteiger partial charge in [-0.05, 0) is 34.2 Å². The summed E-state index contributed by atoms with van der Waals surface area (Å²) in [4.78, 5) is 11.8. The highest BCUT2D eigenvalue weighted by atomic mass is 31.1.